The van der Waals surface area contributed by atoms with Gasteiger partial charge in [0.2, 0.25) is 5.91 Å². The number of aliphatic hydroxyl groups is 1. The van der Waals surface area contributed by atoms with Crippen LogP contribution in [0.4, 0.5) is 0 Å². The fourth-order valence-corrected chi connectivity index (χ4v) is 5.89. The molecule has 1 N–H and O–H groups in total. The standard InChI is InChI=1S/C26H30N4O4/c1-17(32)29-12-8-26(9-13-29)16-30(25(33)18-6-10-27-11-7-18)22(15-31)24-23(26)20-5-4-19(34-3)14-21(20)28(24)2/h4-7,10-11,14,22,31H,8-9,12-13,15-16H2,1-3H3/t22-/m0/s1. The van der Waals surface area contributed by atoms with Crippen LogP contribution >= 0.6 is 0 Å². The third-order valence-electron chi connectivity index (χ3n) is 7.68. The zero-order valence-electron chi connectivity index (χ0n) is 19.8. The van der Waals surface area contributed by atoms with E-state index in [1.165, 1.54) is 5.56 Å². The summed E-state index contributed by atoms with van der Waals surface area (Å²) in [6.07, 6.45) is 4.73. The Labute approximate surface area is 198 Å². The number of likely N-dealkylation sites (tertiary alicyclic amines) is 1. The lowest BCUT2D eigenvalue weighted by Gasteiger charge is -2.50. The highest BCUT2D eigenvalue weighted by atomic mass is 16.5. The Balaban J connectivity index is 1.70. The summed E-state index contributed by atoms with van der Waals surface area (Å²) in [4.78, 5) is 33.5. The average Bonchev–Trinajstić information content (AvgIpc) is 3.17. The van der Waals surface area contributed by atoms with E-state index in [1.54, 1.807) is 38.6 Å². The molecular formula is C26H30N4O4. The first-order chi connectivity index (χ1) is 16.4. The third-order valence-corrected chi connectivity index (χ3v) is 7.68. The van der Waals surface area contributed by atoms with Crippen molar-refractivity contribution in [2.45, 2.75) is 31.2 Å². The van der Waals surface area contributed by atoms with E-state index in [0.29, 0.717) is 25.2 Å². The second kappa shape index (κ2) is 8.43. The lowest BCUT2D eigenvalue weighted by Crippen LogP contribution is -2.56. The van der Waals surface area contributed by atoms with Gasteiger partial charge in [-0.3, -0.25) is 14.6 Å². The minimum Gasteiger partial charge on any atom is -0.497 e. The molecule has 0 unspecified atom stereocenters. The molecular weight excluding hydrogens is 432 g/mol. The molecule has 8 heteroatoms. The number of methoxy groups -OCH3 is 1. The molecule has 0 saturated carbocycles. The molecule has 2 amide bonds. The molecule has 0 bridgehead atoms. The molecule has 2 aliphatic heterocycles. The van der Waals surface area contributed by atoms with Crippen LogP contribution in [0.5, 0.6) is 5.75 Å². The number of rotatable bonds is 3. The molecule has 1 atom stereocenters. The average molecular weight is 463 g/mol. The molecule has 0 aliphatic carbocycles. The Bertz CT molecular complexity index is 1240. The molecule has 1 spiro atoms. The smallest absolute Gasteiger partial charge is 0.254 e. The highest BCUT2D eigenvalue weighted by molar-refractivity contribution is 5.96. The molecule has 2 aromatic heterocycles. The molecule has 2 aliphatic rings. The van der Waals surface area contributed by atoms with Gasteiger partial charge >= 0.3 is 0 Å². The molecule has 1 aromatic carbocycles. The van der Waals surface area contributed by atoms with E-state index in [1.807, 2.05) is 29.0 Å². The monoisotopic (exact) mass is 462 g/mol. The molecule has 3 aromatic rings. The van der Waals surface area contributed by atoms with Crippen molar-refractivity contribution >= 4 is 22.7 Å². The first kappa shape index (κ1) is 22.4. The van der Waals surface area contributed by atoms with Crippen molar-refractivity contribution in [3.8, 4) is 5.75 Å². The Morgan fingerprint density at radius 3 is 2.50 bits per heavy atom. The van der Waals surface area contributed by atoms with Crippen LogP contribution < -0.4 is 4.74 Å². The SMILES string of the molecule is COc1ccc2c3c(n(C)c2c1)[C@H](CO)N(C(=O)c1ccncc1)CC31CCN(C(C)=O)CC1. The van der Waals surface area contributed by atoms with Crippen LogP contribution in [0.25, 0.3) is 10.9 Å². The zero-order valence-corrected chi connectivity index (χ0v) is 19.8. The van der Waals surface area contributed by atoms with Crippen LogP contribution in [0.15, 0.2) is 42.7 Å². The largest absolute Gasteiger partial charge is 0.497 e. The van der Waals surface area contributed by atoms with Gasteiger partial charge in [-0.15, -0.1) is 0 Å². The number of fused-ring (bicyclic) bond motifs is 4. The zero-order chi connectivity index (χ0) is 24.0. The number of carbonyl (C=O) groups excluding carboxylic acids is 2. The first-order valence-electron chi connectivity index (χ1n) is 11.6. The van der Waals surface area contributed by atoms with Gasteiger partial charge in [-0.05, 0) is 42.7 Å². The van der Waals surface area contributed by atoms with Crippen LogP contribution in [0.3, 0.4) is 0 Å². The minimum atomic E-state index is -0.476. The van der Waals surface area contributed by atoms with Crippen molar-refractivity contribution in [2.75, 3.05) is 33.4 Å². The van der Waals surface area contributed by atoms with Gasteiger partial charge in [0, 0.05) is 74.1 Å². The molecule has 4 heterocycles. The van der Waals surface area contributed by atoms with E-state index in [0.717, 1.165) is 35.2 Å². The van der Waals surface area contributed by atoms with Gasteiger partial charge in [0.25, 0.3) is 5.91 Å². The van der Waals surface area contributed by atoms with Gasteiger partial charge in [-0.1, -0.05) is 0 Å². The van der Waals surface area contributed by atoms with Gasteiger partial charge < -0.3 is 24.2 Å². The number of nitrogens with zero attached hydrogens (tertiary/aromatic N) is 4. The number of pyridine rings is 1. The summed E-state index contributed by atoms with van der Waals surface area (Å²) in [7, 11) is 3.64. The molecule has 1 fully saturated rings. The Morgan fingerprint density at radius 1 is 1.18 bits per heavy atom. The summed E-state index contributed by atoms with van der Waals surface area (Å²) >= 11 is 0. The van der Waals surface area contributed by atoms with Gasteiger partial charge in [-0.2, -0.15) is 0 Å². The summed E-state index contributed by atoms with van der Waals surface area (Å²) in [5.74, 6) is 0.714. The second-order valence-corrected chi connectivity index (χ2v) is 9.36. The predicted octanol–water partition coefficient (Wildman–Crippen LogP) is 2.65. The Kier molecular flexibility index (Phi) is 5.56. The van der Waals surface area contributed by atoms with E-state index >= 15 is 0 Å². The van der Waals surface area contributed by atoms with Crippen LogP contribution in [-0.2, 0) is 17.3 Å². The number of piperidine rings is 1. The van der Waals surface area contributed by atoms with Crippen LogP contribution in [-0.4, -0.2) is 69.6 Å². The summed E-state index contributed by atoms with van der Waals surface area (Å²) < 4.78 is 7.58. The summed E-state index contributed by atoms with van der Waals surface area (Å²) in [6, 6.07) is 9.00. The summed E-state index contributed by atoms with van der Waals surface area (Å²) in [6.45, 7) is 3.20. The molecule has 5 rings (SSSR count). The maximum Gasteiger partial charge on any atom is 0.254 e. The maximum atomic E-state index is 13.7. The van der Waals surface area contributed by atoms with Crippen molar-refractivity contribution in [3.63, 3.8) is 0 Å². The predicted molar refractivity (Wildman–Crippen MR) is 128 cm³/mol. The number of carbonyl (C=O) groups is 2. The number of aromatic nitrogens is 2. The number of ether oxygens (including phenoxy) is 1. The van der Waals surface area contributed by atoms with Gasteiger partial charge in [0.1, 0.15) is 5.75 Å². The van der Waals surface area contributed by atoms with Crippen molar-refractivity contribution in [2.24, 2.45) is 7.05 Å². The summed E-state index contributed by atoms with van der Waals surface area (Å²) in [5, 5.41) is 11.7. The molecule has 178 valence electrons. The topological polar surface area (TPSA) is 87.9 Å². The lowest BCUT2D eigenvalue weighted by molar-refractivity contribution is -0.130. The maximum absolute atomic E-state index is 13.7. The van der Waals surface area contributed by atoms with Crippen molar-refractivity contribution in [1.29, 1.82) is 0 Å². The van der Waals surface area contributed by atoms with Crippen LogP contribution in [0.1, 0.15) is 47.4 Å². The minimum absolute atomic E-state index is 0.0755. The quantitative estimate of drug-likeness (QED) is 0.647. The summed E-state index contributed by atoms with van der Waals surface area (Å²) in [5.41, 5.74) is 3.39. The van der Waals surface area contributed by atoms with Crippen molar-refractivity contribution in [3.05, 3.63) is 59.5 Å². The highest BCUT2D eigenvalue weighted by Gasteiger charge is 2.49. The molecule has 8 nitrogen and oxygen atoms in total. The fourth-order valence-electron chi connectivity index (χ4n) is 5.89. The number of benzene rings is 1. The van der Waals surface area contributed by atoms with Crippen molar-refractivity contribution < 1.29 is 19.4 Å². The van der Waals surface area contributed by atoms with Gasteiger partial charge in [-0.25, -0.2) is 0 Å². The second-order valence-electron chi connectivity index (χ2n) is 9.36. The van der Waals surface area contributed by atoms with E-state index in [2.05, 4.69) is 15.6 Å². The van der Waals surface area contributed by atoms with E-state index in [-0.39, 0.29) is 23.8 Å². The van der Waals surface area contributed by atoms with E-state index in [4.69, 9.17) is 4.74 Å². The normalized spacial score (nSPS) is 19.4. The number of hydrogen-bond acceptors (Lipinski definition) is 5. The fraction of sp³-hybridized carbons (Fsp3) is 0.423. The molecule has 1 saturated heterocycles. The Hall–Kier alpha value is -3.39. The number of amides is 2. The molecule has 34 heavy (non-hydrogen) atoms. The Morgan fingerprint density at radius 2 is 1.88 bits per heavy atom. The van der Waals surface area contributed by atoms with Crippen molar-refractivity contribution in [1.82, 2.24) is 19.4 Å². The van der Waals surface area contributed by atoms with Crippen LogP contribution in [0.2, 0.25) is 0 Å². The highest BCUT2D eigenvalue weighted by Crippen LogP contribution is 2.50. The van der Waals surface area contributed by atoms with Crippen LogP contribution in [0, 0.1) is 0 Å². The number of aliphatic hydroxyl groups excluding tert-OH is 1. The third kappa shape index (κ3) is 3.36. The van der Waals surface area contributed by atoms with Gasteiger partial charge in [0.15, 0.2) is 0 Å². The first-order valence-corrected chi connectivity index (χ1v) is 11.6. The van der Waals surface area contributed by atoms with Gasteiger partial charge in [0.05, 0.1) is 25.3 Å². The lowest BCUT2D eigenvalue weighted by atomic mass is 9.68. The molecule has 0 radical (unpaired) electrons. The van der Waals surface area contributed by atoms with E-state index < -0.39 is 6.04 Å². The van der Waals surface area contributed by atoms with E-state index in [9.17, 15) is 14.7 Å². The number of hydrogen-bond donors (Lipinski definition) is 1. The number of aryl methyl sites for hydroxylation is 1.